The van der Waals surface area contributed by atoms with Crippen molar-refractivity contribution in [3.05, 3.63) is 16.6 Å². The van der Waals surface area contributed by atoms with Gasteiger partial charge in [-0.1, -0.05) is 0 Å². The van der Waals surface area contributed by atoms with Crippen LogP contribution in [0.1, 0.15) is 29.1 Å². The maximum absolute atomic E-state index is 11.5. The standard InChI is InChI=1S/C10H15N5O2S/c11-10(12)14-4-2-1-3-7(16)15-8(17)9-13-5-6-18-9/h5-6H,1-4H2,(H4,11,12,14)(H,15,16,17). The Balaban J connectivity index is 2.14. The number of hydrogen-bond acceptors (Lipinski definition) is 5. The molecule has 0 fully saturated rings. The van der Waals surface area contributed by atoms with Crippen LogP contribution < -0.4 is 16.4 Å². The Morgan fingerprint density at radius 3 is 2.83 bits per heavy atom. The zero-order valence-corrected chi connectivity index (χ0v) is 10.5. The molecule has 1 aromatic heterocycles. The first-order valence-electron chi connectivity index (χ1n) is 5.41. The van der Waals surface area contributed by atoms with Crippen LogP contribution in [0.4, 0.5) is 0 Å². The van der Waals surface area contributed by atoms with E-state index in [4.69, 9.17) is 11.1 Å². The van der Waals surface area contributed by atoms with Crippen LogP contribution in [0.15, 0.2) is 11.6 Å². The van der Waals surface area contributed by atoms with E-state index in [1.807, 2.05) is 0 Å². The van der Waals surface area contributed by atoms with Gasteiger partial charge in [0.05, 0.1) is 0 Å². The van der Waals surface area contributed by atoms with Crippen LogP contribution in [0.2, 0.25) is 0 Å². The van der Waals surface area contributed by atoms with E-state index in [1.165, 1.54) is 17.5 Å². The predicted molar refractivity (Wildman–Crippen MR) is 68.4 cm³/mol. The number of carbonyl (C=O) groups is 2. The van der Waals surface area contributed by atoms with Crippen LogP contribution in [0, 0.1) is 5.41 Å². The molecule has 7 nitrogen and oxygen atoms in total. The molecule has 0 radical (unpaired) electrons. The molecule has 0 spiro atoms. The number of unbranched alkanes of at least 4 members (excludes halogenated alkanes) is 1. The van der Waals surface area contributed by atoms with E-state index in [1.54, 1.807) is 5.38 Å². The molecule has 0 atom stereocenters. The van der Waals surface area contributed by atoms with Gasteiger partial charge in [0.25, 0.3) is 5.91 Å². The second-order valence-corrected chi connectivity index (χ2v) is 4.41. The average molecular weight is 269 g/mol. The predicted octanol–water partition coefficient (Wildman–Crippen LogP) is 0.0529. The highest BCUT2D eigenvalue weighted by molar-refractivity contribution is 7.11. The van der Waals surface area contributed by atoms with Crippen LogP contribution in [0.25, 0.3) is 0 Å². The molecule has 18 heavy (non-hydrogen) atoms. The summed E-state index contributed by atoms with van der Waals surface area (Å²) in [5.41, 5.74) is 5.10. The normalized spacial score (nSPS) is 9.78. The van der Waals surface area contributed by atoms with E-state index in [0.717, 1.165) is 0 Å². The number of rotatable bonds is 6. The van der Waals surface area contributed by atoms with Gasteiger partial charge in [0.1, 0.15) is 0 Å². The Morgan fingerprint density at radius 1 is 1.44 bits per heavy atom. The van der Waals surface area contributed by atoms with E-state index >= 15 is 0 Å². The smallest absolute Gasteiger partial charge is 0.286 e. The van der Waals surface area contributed by atoms with Crippen molar-refractivity contribution in [2.75, 3.05) is 6.54 Å². The molecular weight excluding hydrogens is 254 g/mol. The molecule has 0 aliphatic rings. The fourth-order valence-corrected chi connectivity index (χ4v) is 1.74. The number of aromatic nitrogens is 1. The van der Waals surface area contributed by atoms with Gasteiger partial charge in [0, 0.05) is 24.5 Å². The van der Waals surface area contributed by atoms with Crippen molar-refractivity contribution in [1.29, 1.82) is 5.41 Å². The van der Waals surface area contributed by atoms with Crippen LogP contribution in [-0.4, -0.2) is 29.3 Å². The fraction of sp³-hybridized carbons (Fsp3) is 0.400. The van der Waals surface area contributed by atoms with Crippen LogP contribution in [-0.2, 0) is 4.79 Å². The Morgan fingerprint density at radius 2 is 2.22 bits per heavy atom. The van der Waals surface area contributed by atoms with E-state index in [2.05, 4.69) is 15.6 Å². The lowest BCUT2D eigenvalue weighted by Gasteiger charge is -2.03. The molecular formula is C10H15N5O2S. The molecule has 0 aliphatic carbocycles. The Kier molecular flexibility index (Phi) is 5.78. The number of hydrogen-bond donors (Lipinski definition) is 4. The van der Waals surface area contributed by atoms with Gasteiger partial charge in [-0.15, -0.1) is 11.3 Å². The van der Waals surface area contributed by atoms with Crippen molar-refractivity contribution < 1.29 is 9.59 Å². The molecule has 1 heterocycles. The van der Waals surface area contributed by atoms with Crippen molar-refractivity contribution >= 4 is 29.1 Å². The Hall–Kier alpha value is -1.96. The lowest BCUT2D eigenvalue weighted by atomic mass is 10.2. The van der Waals surface area contributed by atoms with Crippen molar-refractivity contribution in [2.24, 2.45) is 5.73 Å². The molecule has 0 saturated carbocycles. The van der Waals surface area contributed by atoms with E-state index < -0.39 is 5.91 Å². The summed E-state index contributed by atoms with van der Waals surface area (Å²) < 4.78 is 0. The van der Waals surface area contributed by atoms with E-state index in [0.29, 0.717) is 19.4 Å². The minimum absolute atomic E-state index is 0.0848. The van der Waals surface area contributed by atoms with Gasteiger partial charge in [-0.05, 0) is 12.8 Å². The number of thiazole rings is 1. The zero-order valence-electron chi connectivity index (χ0n) is 9.73. The third-order valence-electron chi connectivity index (χ3n) is 2.03. The highest BCUT2D eigenvalue weighted by Gasteiger charge is 2.11. The molecule has 0 unspecified atom stereocenters. The van der Waals surface area contributed by atoms with Gasteiger partial charge in [-0.3, -0.25) is 20.3 Å². The number of carbonyl (C=O) groups excluding carboxylic acids is 2. The van der Waals surface area contributed by atoms with Gasteiger partial charge in [0.2, 0.25) is 5.91 Å². The maximum atomic E-state index is 11.5. The Bertz CT molecular complexity index is 418. The number of nitrogens with zero attached hydrogens (tertiary/aromatic N) is 1. The third-order valence-corrected chi connectivity index (χ3v) is 2.80. The quantitative estimate of drug-likeness (QED) is 0.330. The molecule has 0 aliphatic heterocycles. The average Bonchev–Trinajstić information content (AvgIpc) is 2.81. The summed E-state index contributed by atoms with van der Waals surface area (Å²) in [4.78, 5) is 26.7. The second kappa shape index (κ2) is 7.38. The van der Waals surface area contributed by atoms with Crippen molar-refractivity contribution in [2.45, 2.75) is 19.3 Å². The number of nitrogens with two attached hydrogens (primary N) is 1. The first kappa shape index (κ1) is 14.1. The van der Waals surface area contributed by atoms with E-state index in [-0.39, 0.29) is 23.3 Å². The molecule has 2 amide bonds. The highest BCUT2D eigenvalue weighted by atomic mass is 32.1. The lowest BCUT2D eigenvalue weighted by Crippen LogP contribution is -2.32. The number of imide groups is 1. The molecule has 0 saturated heterocycles. The molecule has 5 N–H and O–H groups in total. The molecule has 98 valence electrons. The monoisotopic (exact) mass is 269 g/mol. The van der Waals surface area contributed by atoms with Crippen LogP contribution >= 0.6 is 11.3 Å². The third kappa shape index (κ3) is 5.39. The molecule has 0 bridgehead atoms. The summed E-state index contributed by atoms with van der Waals surface area (Å²) in [6.07, 6.45) is 3.10. The maximum Gasteiger partial charge on any atom is 0.286 e. The number of nitrogens with one attached hydrogen (secondary N) is 3. The molecule has 8 heteroatoms. The summed E-state index contributed by atoms with van der Waals surface area (Å²) in [5, 5.41) is 13.8. The topological polar surface area (TPSA) is 121 Å². The fourth-order valence-electron chi connectivity index (χ4n) is 1.21. The van der Waals surface area contributed by atoms with Crippen LogP contribution in [0.3, 0.4) is 0 Å². The van der Waals surface area contributed by atoms with Gasteiger partial charge in [-0.25, -0.2) is 4.98 Å². The first-order chi connectivity index (χ1) is 8.59. The zero-order chi connectivity index (χ0) is 13.4. The molecule has 1 rings (SSSR count). The lowest BCUT2D eigenvalue weighted by molar-refractivity contribution is -0.120. The largest absolute Gasteiger partial charge is 0.370 e. The summed E-state index contributed by atoms with van der Waals surface area (Å²) in [5.74, 6) is -0.867. The van der Waals surface area contributed by atoms with Gasteiger partial charge >= 0.3 is 0 Å². The summed E-state index contributed by atoms with van der Waals surface area (Å²) in [6, 6.07) is 0. The minimum Gasteiger partial charge on any atom is -0.370 e. The minimum atomic E-state index is -0.461. The second-order valence-electron chi connectivity index (χ2n) is 3.51. The summed E-state index contributed by atoms with van der Waals surface area (Å²) in [6.45, 7) is 0.545. The highest BCUT2D eigenvalue weighted by Crippen LogP contribution is 2.03. The molecule has 1 aromatic rings. The Labute approximate surface area is 108 Å². The van der Waals surface area contributed by atoms with Gasteiger partial charge in [0.15, 0.2) is 11.0 Å². The first-order valence-corrected chi connectivity index (χ1v) is 6.29. The van der Waals surface area contributed by atoms with Crippen molar-refractivity contribution in [1.82, 2.24) is 15.6 Å². The number of guanidine groups is 1. The molecule has 0 aromatic carbocycles. The van der Waals surface area contributed by atoms with Crippen LogP contribution in [0.5, 0.6) is 0 Å². The van der Waals surface area contributed by atoms with Gasteiger partial charge in [-0.2, -0.15) is 0 Å². The van der Waals surface area contributed by atoms with Gasteiger partial charge < -0.3 is 11.1 Å². The summed E-state index contributed by atoms with van der Waals surface area (Å²) in [7, 11) is 0. The van der Waals surface area contributed by atoms with E-state index in [9.17, 15) is 9.59 Å². The summed E-state index contributed by atoms with van der Waals surface area (Å²) >= 11 is 1.19. The van der Waals surface area contributed by atoms with Crippen molar-refractivity contribution in [3.8, 4) is 0 Å². The van der Waals surface area contributed by atoms with Crippen molar-refractivity contribution in [3.63, 3.8) is 0 Å². The number of amides is 2. The SMILES string of the molecule is N=C(N)NCCCCC(=O)NC(=O)c1nccs1.